The Morgan fingerprint density at radius 2 is 2.06 bits per heavy atom. The Balaban J connectivity index is 2.03. The molecular formula is C16H16. The molecule has 1 unspecified atom stereocenters. The second-order valence-corrected chi connectivity index (χ2v) is 4.48. The SMILES string of the molecule is CCC1=C(C2C=Cc3ccccc32)CC=C1. The molecule has 0 fully saturated rings. The van der Waals surface area contributed by atoms with E-state index in [9.17, 15) is 0 Å². The van der Waals surface area contributed by atoms with E-state index >= 15 is 0 Å². The van der Waals surface area contributed by atoms with Crippen LogP contribution in [0.5, 0.6) is 0 Å². The Hall–Kier alpha value is -1.56. The van der Waals surface area contributed by atoms with Crippen LogP contribution in [0.1, 0.15) is 36.8 Å². The molecule has 2 aliphatic rings. The average Bonchev–Trinajstić information content (AvgIpc) is 2.94. The van der Waals surface area contributed by atoms with Crippen molar-refractivity contribution in [2.24, 2.45) is 0 Å². The predicted octanol–water partition coefficient (Wildman–Crippen LogP) is 4.46. The highest BCUT2D eigenvalue weighted by Gasteiger charge is 2.23. The number of allylic oxidation sites excluding steroid dienone is 5. The van der Waals surface area contributed by atoms with E-state index in [1.807, 2.05) is 0 Å². The Labute approximate surface area is 97.0 Å². The van der Waals surface area contributed by atoms with Crippen molar-refractivity contribution in [2.45, 2.75) is 25.7 Å². The first-order valence-electron chi connectivity index (χ1n) is 6.05. The van der Waals surface area contributed by atoms with Crippen LogP contribution in [0.3, 0.4) is 0 Å². The molecule has 0 saturated heterocycles. The van der Waals surface area contributed by atoms with Crippen LogP contribution in [0.15, 0.2) is 53.6 Å². The lowest BCUT2D eigenvalue weighted by molar-refractivity contribution is 0.940. The Bertz CT molecular complexity index is 501. The van der Waals surface area contributed by atoms with Gasteiger partial charge in [-0.1, -0.05) is 61.1 Å². The average molecular weight is 208 g/mol. The maximum absolute atomic E-state index is 2.35. The van der Waals surface area contributed by atoms with E-state index in [0.29, 0.717) is 5.92 Å². The minimum atomic E-state index is 0.529. The summed E-state index contributed by atoms with van der Waals surface area (Å²) in [6.07, 6.45) is 11.5. The summed E-state index contributed by atoms with van der Waals surface area (Å²) >= 11 is 0. The summed E-state index contributed by atoms with van der Waals surface area (Å²) in [6.45, 7) is 2.25. The third-order valence-corrected chi connectivity index (χ3v) is 3.62. The van der Waals surface area contributed by atoms with E-state index in [2.05, 4.69) is 55.5 Å². The fourth-order valence-electron chi connectivity index (χ4n) is 2.79. The van der Waals surface area contributed by atoms with Crippen LogP contribution in [0.25, 0.3) is 6.08 Å². The van der Waals surface area contributed by atoms with E-state index < -0.39 is 0 Å². The largest absolute Gasteiger partial charge is 0.0801 e. The zero-order valence-electron chi connectivity index (χ0n) is 9.61. The molecule has 1 atom stereocenters. The van der Waals surface area contributed by atoms with Gasteiger partial charge in [0.25, 0.3) is 0 Å². The summed E-state index contributed by atoms with van der Waals surface area (Å²) < 4.78 is 0. The van der Waals surface area contributed by atoms with Crippen molar-refractivity contribution in [1.82, 2.24) is 0 Å². The zero-order valence-corrected chi connectivity index (χ0v) is 9.61. The number of hydrogen-bond acceptors (Lipinski definition) is 0. The fraction of sp³-hybridized carbons (Fsp3) is 0.250. The Morgan fingerprint density at radius 1 is 1.19 bits per heavy atom. The van der Waals surface area contributed by atoms with Gasteiger partial charge in [-0.15, -0.1) is 0 Å². The first-order chi connectivity index (χ1) is 7.90. The molecule has 16 heavy (non-hydrogen) atoms. The summed E-state index contributed by atoms with van der Waals surface area (Å²) in [4.78, 5) is 0. The highest BCUT2D eigenvalue weighted by Crippen LogP contribution is 2.40. The van der Waals surface area contributed by atoms with Crippen LogP contribution in [0.4, 0.5) is 0 Å². The summed E-state index contributed by atoms with van der Waals surface area (Å²) in [6, 6.07) is 8.74. The number of hydrogen-bond donors (Lipinski definition) is 0. The quantitative estimate of drug-likeness (QED) is 0.673. The van der Waals surface area contributed by atoms with Gasteiger partial charge in [-0.2, -0.15) is 0 Å². The van der Waals surface area contributed by atoms with Gasteiger partial charge in [-0.25, -0.2) is 0 Å². The first-order valence-corrected chi connectivity index (χ1v) is 6.05. The molecule has 0 heteroatoms. The summed E-state index contributed by atoms with van der Waals surface area (Å²) in [5.41, 5.74) is 6.00. The van der Waals surface area contributed by atoms with E-state index in [1.165, 1.54) is 16.7 Å². The molecule has 0 N–H and O–H groups in total. The van der Waals surface area contributed by atoms with Gasteiger partial charge in [0, 0.05) is 5.92 Å². The molecule has 0 bridgehead atoms. The lowest BCUT2D eigenvalue weighted by Crippen LogP contribution is -1.98. The Morgan fingerprint density at radius 3 is 2.94 bits per heavy atom. The zero-order chi connectivity index (χ0) is 11.0. The molecule has 1 aromatic carbocycles. The maximum Gasteiger partial charge on any atom is 0.0246 e. The summed E-state index contributed by atoms with van der Waals surface area (Å²) in [7, 11) is 0. The highest BCUT2D eigenvalue weighted by molar-refractivity contribution is 5.65. The summed E-state index contributed by atoms with van der Waals surface area (Å²) in [5.74, 6) is 0.529. The lowest BCUT2D eigenvalue weighted by Gasteiger charge is -2.14. The van der Waals surface area contributed by atoms with Crippen LogP contribution in [0, 0.1) is 0 Å². The van der Waals surface area contributed by atoms with Crippen LogP contribution in [0.2, 0.25) is 0 Å². The molecule has 0 amide bonds. The van der Waals surface area contributed by atoms with Gasteiger partial charge in [0.1, 0.15) is 0 Å². The van der Waals surface area contributed by atoms with Crippen molar-refractivity contribution >= 4 is 6.08 Å². The molecule has 0 aromatic heterocycles. The Kier molecular flexibility index (Phi) is 2.28. The van der Waals surface area contributed by atoms with Gasteiger partial charge in [-0.05, 0) is 29.5 Å². The predicted molar refractivity (Wildman–Crippen MR) is 69.3 cm³/mol. The van der Waals surface area contributed by atoms with Crippen molar-refractivity contribution < 1.29 is 0 Å². The molecule has 3 rings (SSSR count). The smallest absolute Gasteiger partial charge is 0.0246 e. The molecule has 0 spiro atoms. The maximum atomic E-state index is 2.35. The van der Waals surface area contributed by atoms with Crippen LogP contribution >= 0.6 is 0 Å². The molecular weight excluding hydrogens is 192 g/mol. The molecule has 1 aromatic rings. The second kappa shape index (κ2) is 3.79. The topological polar surface area (TPSA) is 0 Å². The summed E-state index contributed by atoms with van der Waals surface area (Å²) in [5, 5.41) is 0. The van der Waals surface area contributed by atoms with Gasteiger partial charge in [0.2, 0.25) is 0 Å². The van der Waals surface area contributed by atoms with Gasteiger partial charge >= 0.3 is 0 Å². The fourth-order valence-corrected chi connectivity index (χ4v) is 2.79. The highest BCUT2D eigenvalue weighted by atomic mass is 14.3. The van der Waals surface area contributed by atoms with Crippen LogP contribution < -0.4 is 0 Å². The molecule has 0 nitrogen and oxygen atoms in total. The molecule has 0 heterocycles. The minimum absolute atomic E-state index is 0.529. The number of rotatable bonds is 2. The van der Waals surface area contributed by atoms with Crippen LogP contribution in [-0.2, 0) is 0 Å². The lowest BCUT2D eigenvalue weighted by atomic mass is 9.89. The van der Waals surface area contributed by atoms with Crippen molar-refractivity contribution in [3.05, 3.63) is 64.8 Å². The van der Waals surface area contributed by atoms with Crippen LogP contribution in [-0.4, -0.2) is 0 Å². The van der Waals surface area contributed by atoms with E-state index in [1.54, 1.807) is 5.57 Å². The normalized spacial score (nSPS) is 21.9. The number of fused-ring (bicyclic) bond motifs is 1. The standard InChI is InChI=1S/C16H16/c1-2-12-7-5-9-14(12)16-11-10-13-6-3-4-8-15(13)16/h3-8,10-11,16H,2,9H2,1H3. The van der Waals surface area contributed by atoms with Gasteiger partial charge in [0.05, 0.1) is 0 Å². The third kappa shape index (κ3) is 1.37. The first kappa shape index (κ1) is 9.65. The van der Waals surface area contributed by atoms with Crippen molar-refractivity contribution in [2.75, 3.05) is 0 Å². The number of benzene rings is 1. The molecule has 0 saturated carbocycles. The van der Waals surface area contributed by atoms with Gasteiger partial charge in [-0.3, -0.25) is 0 Å². The minimum Gasteiger partial charge on any atom is -0.0801 e. The van der Waals surface area contributed by atoms with E-state index in [0.717, 1.165) is 12.8 Å². The van der Waals surface area contributed by atoms with E-state index in [4.69, 9.17) is 0 Å². The molecule has 0 radical (unpaired) electrons. The van der Waals surface area contributed by atoms with Crippen molar-refractivity contribution in [3.8, 4) is 0 Å². The van der Waals surface area contributed by atoms with Gasteiger partial charge in [0.15, 0.2) is 0 Å². The monoisotopic (exact) mass is 208 g/mol. The molecule has 80 valence electrons. The van der Waals surface area contributed by atoms with Crippen molar-refractivity contribution in [3.63, 3.8) is 0 Å². The molecule has 2 aliphatic carbocycles. The third-order valence-electron chi connectivity index (χ3n) is 3.62. The molecule has 0 aliphatic heterocycles. The van der Waals surface area contributed by atoms with Gasteiger partial charge < -0.3 is 0 Å². The second-order valence-electron chi connectivity index (χ2n) is 4.48. The van der Waals surface area contributed by atoms with Crippen molar-refractivity contribution in [1.29, 1.82) is 0 Å². The van der Waals surface area contributed by atoms with E-state index in [-0.39, 0.29) is 0 Å².